The Kier molecular flexibility index (Phi) is 5.00. The molecule has 0 aliphatic carbocycles. The van der Waals surface area contributed by atoms with Gasteiger partial charge in [-0.2, -0.15) is 0 Å². The molecule has 1 aromatic carbocycles. The Labute approximate surface area is 141 Å². The van der Waals surface area contributed by atoms with Crippen LogP contribution in [-0.2, 0) is 13.6 Å². The normalized spacial score (nSPS) is 16.3. The zero-order valence-corrected chi connectivity index (χ0v) is 14.2. The van der Waals surface area contributed by atoms with E-state index in [1.807, 2.05) is 12.3 Å². The van der Waals surface area contributed by atoms with E-state index in [4.69, 9.17) is 4.74 Å². The van der Waals surface area contributed by atoms with E-state index in [9.17, 15) is 9.18 Å². The summed E-state index contributed by atoms with van der Waals surface area (Å²) in [6.07, 6.45) is 3.89. The molecule has 1 saturated heterocycles. The molecule has 0 atom stereocenters. The van der Waals surface area contributed by atoms with Crippen LogP contribution in [0.3, 0.4) is 0 Å². The molecule has 5 heteroatoms. The monoisotopic (exact) mass is 330 g/mol. The van der Waals surface area contributed by atoms with Crippen molar-refractivity contribution in [1.29, 1.82) is 0 Å². The van der Waals surface area contributed by atoms with E-state index in [0.29, 0.717) is 11.7 Å². The van der Waals surface area contributed by atoms with E-state index in [1.54, 1.807) is 30.9 Å². The van der Waals surface area contributed by atoms with Crippen LogP contribution < -0.4 is 10.3 Å². The minimum Gasteiger partial charge on any atom is -0.496 e. The predicted octanol–water partition coefficient (Wildman–Crippen LogP) is 2.91. The van der Waals surface area contributed by atoms with Gasteiger partial charge >= 0.3 is 0 Å². The molecule has 0 saturated carbocycles. The fourth-order valence-electron chi connectivity index (χ4n) is 3.33. The number of ether oxygens (including phenoxy) is 1. The maximum Gasteiger partial charge on any atom is 0.250 e. The van der Waals surface area contributed by atoms with Crippen molar-refractivity contribution < 1.29 is 9.13 Å². The molecule has 1 fully saturated rings. The summed E-state index contributed by atoms with van der Waals surface area (Å²) in [6.45, 7) is 2.67. The highest BCUT2D eigenvalue weighted by Gasteiger charge is 2.22. The van der Waals surface area contributed by atoms with Crippen LogP contribution in [0.2, 0.25) is 0 Å². The van der Waals surface area contributed by atoms with Crippen LogP contribution in [0.15, 0.2) is 41.3 Å². The smallest absolute Gasteiger partial charge is 0.250 e. The maximum atomic E-state index is 13.3. The summed E-state index contributed by atoms with van der Waals surface area (Å²) in [7, 11) is 3.34. The third-order valence-corrected chi connectivity index (χ3v) is 4.83. The number of methoxy groups -OCH3 is 1. The number of hydrogen-bond acceptors (Lipinski definition) is 3. The van der Waals surface area contributed by atoms with Crippen molar-refractivity contribution in [2.45, 2.75) is 25.3 Å². The molecular formula is C19H23FN2O2. The van der Waals surface area contributed by atoms with Gasteiger partial charge in [0.05, 0.1) is 7.11 Å². The molecule has 0 spiro atoms. The highest BCUT2D eigenvalue weighted by atomic mass is 19.1. The molecule has 0 bridgehead atoms. The number of aromatic nitrogens is 1. The zero-order valence-electron chi connectivity index (χ0n) is 14.2. The summed E-state index contributed by atoms with van der Waals surface area (Å²) in [5, 5.41) is 0. The molecule has 1 aliphatic rings. The van der Waals surface area contributed by atoms with E-state index in [-0.39, 0.29) is 11.4 Å². The lowest BCUT2D eigenvalue weighted by Gasteiger charge is -2.32. The van der Waals surface area contributed by atoms with Crippen LogP contribution in [0, 0.1) is 5.82 Å². The third kappa shape index (κ3) is 3.67. The summed E-state index contributed by atoms with van der Waals surface area (Å²) >= 11 is 0. The molecule has 3 rings (SSSR count). The van der Waals surface area contributed by atoms with E-state index >= 15 is 0 Å². The van der Waals surface area contributed by atoms with E-state index in [1.165, 1.54) is 12.1 Å². The highest BCUT2D eigenvalue weighted by molar-refractivity contribution is 5.34. The third-order valence-electron chi connectivity index (χ3n) is 4.83. The average molecular weight is 330 g/mol. The fourth-order valence-corrected chi connectivity index (χ4v) is 3.33. The van der Waals surface area contributed by atoms with Gasteiger partial charge in [0.2, 0.25) is 0 Å². The molecule has 1 aliphatic heterocycles. The van der Waals surface area contributed by atoms with Crippen molar-refractivity contribution in [3.8, 4) is 5.75 Å². The van der Waals surface area contributed by atoms with Gasteiger partial charge in [0.1, 0.15) is 11.6 Å². The number of pyridine rings is 1. The lowest BCUT2D eigenvalue weighted by atomic mass is 9.90. The van der Waals surface area contributed by atoms with Gasteiger partial charge < -0.3 is 9.30 Å². The Morgan fingerprint density at radius 1 is 1.21 bits per heavy atom. The first kappa shape index (κ1) is 16.7. The Bertz CT molecular complexity index is 764. The average Bonchev–Trinajstić information content (AvgIpc) is 2.59. The topological polar surface area (TPSA) is 34.5 Å². The van der Waals surface area contributed by atoms with Crippen LogP contribution in [-0.4, -0.2) is 29.7 Å². The summed E-state index contributed by atoms with van der Waals surface area (Å²) in [5.74, 6) is 0.758. The summed E-state index contributed by atoms with van der Waals surface area (Å²) in [6, 6.07) is 8.50. The summed E-state index contributed by atoms with van der Waals surface area (Å²) in [5.41, 5.74) is 2.19. The Morgan fingerprint density at radius 2 is 1.96 bits per heavy atom. The second kappa shape index (κ2) is 7.18. The number of likely N-dealkylation sites (tertiary alicyclic amines) is 1. The molecule has 24 heavy (non-hydrogen) atoms. The largest absolute Gasteiger partial charge is 0.496 e. The van der Waals surface area contributed by atoms with Gasteiger partial charge in [0.25, 0.3) is 5.56 Å². The summed E-state index contributed by atoms with van der Waals surface area (Å²) < 4.78 is 20.2. The number of rotatable bonds is 4. The molecule has 0 N–H and O–H groups in total. The van der Waals surface area contributed by atoms with Gasteiger partial charge in [-0.05, 0) is 49.5 Å². The molecule has 4 nitrogen and oxygen atoms in total. The first-order valence-electron chi connectivity index (χ1n) is 8.28. The summed E-state index contributed by atoms with van der Waals surface area (Å²) in [4.78, 5) is 14.1. The van der Waals surface area contributed by atoms with Crippen LogP contribution >= 0.6 is 0 Å². The lowest BCUT2D eigenvalue weighted by molar-refractivity contribution is 0.202. The highest BCUT2D eigenvalue weighted by Crippen LogP contribution is 2.29. The van der Waals surface area contributed by atoms with Gasteiger partial charge in [0, 0.05) is 37.5 Å². The number of hydrogen-bond donors (Lipinski definition) is 0. The molecule has 2 heterocycles. The number of nitrogens with zero attached hydrogens (tertiary/aromatic N) is 2. The Hall–Kier alpha value is -2.14. The van der Waals surface area contributed by atoms with Crippen molar-refractivity contribution in [1.82, 2.24) is 9.47 Å². The minimum absolute atomic E-state index is 0.0472. The zero-order chi connectivity index (χ0) is 17.1. The first-order valence-corrected chi connectivity index (χ1v) is 8.28. The first-order chi connectivity index (χ1) is 11.6. The second-order valence-electron chi connectivity index (χ2n) is 6.42. The molecular weight excluding hydrogens is 307 g/mol. The number of aryl methyl sites for hydroxylation is 1. The molecule has 0 radical (unpaired) electrons. The molecule has 0 unspecified atom stereocenters. The SMILES string of the molecule is COc1cc(F)ccc1CN1CCC(c2ccn(C)c(=O)c2)CC1. The van der Waals surface area contributed by atoms with Gasteiger partial charge in [-0.1, -0.05) is 6.07 Å². The second-order valence-corrected chi connectivity index (χ2v) is 6.42. The predicted molar refractivity (Wildman–Crippen MR) is 91.9 cm³/mol. The van der Waals surface area contributed by atoms with Gasteiger partial charge in [-0.3, -0.25) is 9.69 Å². The van der Waals surface area contributed by atoms with Crippen LogP contribution in [0.5, 0.6) is 5.75 Å². The molecule has 0 amide bonds. The van der Waals surface area contributed by atoms with Crippen molar-refractivity contribution >= 4 is 0 Å². The van der Waals surface area contributed by atoms with E-state index in [0.717, 1.165) is 43.6 Å². The van der Waals surface area contributed by atoms with Crippen molar-refractivity contribution in [3.63, 3.8) is 0 Å². The van der Waals surface area contributed by atoms with E-state index in [2.05, 4.69) is 4.90 Å². The van der Waals surface area contributed by atoms with Crippen molar-refractivity contribution in [2.75, 3.05) is 20.2 Å². The van der Waals surface area contributed by atoms with Crippen LogP contribution in [0.25, 0.3) is 0 Å². The maximum absolute atomic E-state index is 13.3. The fraction of sp³-hybridized carbons (Fsp3) is 0.421. The Morgan fingerprint density at radius 3 is 2.62 bits per heavy atom. The molecule has 1 aromatic heterocycles. The van der Waals surface area contributed by atoms with Gasteiger partial charge in [0.15, 0.2) is 0 Å². The Balaban J connectivity index is 1.63. The number of piperidine rings is 1. The molecule has 2 aromatic rings. The molecule has 128 valence electrons. The van der Waals surface area contributed by atoms with Crippen molar-refractivity contribution in [3.05, 3.63) is 63.8 Å². The number of halogens is 1. The van der Waals surface area contributed by atoms with Gasteiger partial charge in [-0.15, -0.1) is 0 Å². The minimum atomic E-state index is -0.278. The van der Waals surface area contributed by atoms with Crippen molar-refractivity contribution in [2.24, 2.45) is 7.05 Å². The van der Waals surface area contributed by atoms with Gasteiger partial charge in [-0.25, -0.2) is 4.39 Å². The van der Waals surface area contributed by atoms with Crippen LogP contribution in [0.4, 0.5) is 4.39 Å². The van der Waals surface area contributed by atoms with E-state index < -0.39 is 0 Å². The lowest BCUT2D eigenvalue weighted by Crippen LogP contribution is -2.33. The number of benzene rings is 1. The standard InChI is InChI=1S/C19H23FN2O2/c1-21-8-5-15(11-19(21)23)14-6-9-22(10-7-14)13-16-3-4-17(20)12-18(16)24-2/h3-5,8,11-12,14H,6-7,9-10,13H2,1-2H3. The quantitative estimate of drug-likeness (QED) is 0.864. The van der Waals surface area contributed by atoms with Crippen LogP contribution in [0.1, 0.15) is 29.9 Å².